The predicted molar refractivity (Wildman–Crippen MR) is 61.2 cm³/mol. The lowest BCUT2D eigenvalue weighted by Crippen LogP contribution is -1.78. The fraction of sp³-hybridized carbons (Fsp3) is 0. The fourth-order valence-corrected chi connectivity index (χ4v) is 1.33. The summed E-state index contributed by atoms with van der Waals surface area (Å²) >= 11 is 5.78. The maximum Gasteiger partial charge on any atom is 0.141 e. The minimum absolute atomic E-state index is 0.113. The van der Waals surface area contributed by atoms with Gasteiger partial charge in [-0.1, -0.05) is 11.6 Å². The zero-order chi connectivity index (χ0) is 10.7. The second-order valence-corrected chi connectivity index (χ2v) is 3.45. The Kier molecular flexibility index (Phi) is 2.74. The van der Waals surface area contributed by atoms with E-state index in [1.54, 1.807) is 24.5 Å². The van der Waals surface area contributed by atoms with E-state index in [4.69, 9.17) is 11.6 Å². The molecule has 15 heavy (non-hydrogen) atoms. The molecule has 0 atom stereocenters. The molecule has 76 valence electrons. The topological polar surface area (TPSA) is 48.4 Å². The monoisotopic (exact) mass is 220 g/mol. The summed E-state index contributed by atoms with van der Waals surface area (Å²) in [4.78, 5) is 7.10. The first kappa shape index (κ1) is 9.80. The van der Waals surface area contributed by atoms with Crippen molar-refractivity contribution in [1.29, 1.82) is 0 Å². The summed E-state index contributed by atoms with van der Waals surface area (Å²) in [5.41, 5.74) is 1.33. The van der Waals surface area contributed by atoms with Crippen LogP contribution in [0.15, 0.2) is 41.5 Å². The number of aromatic hydroxyl groups is 1. The highest BCUT2D eigenvalue weighted by Crippen LogP contribution is 2.28. The lowest BCUT2D eigenvalue weighted by atomic mass is 10.3. The average Bonchev–Trinajstić information content (AvgIpc) is 2.72. The highest BCUT2D eigenvalue weighted by molar-refractivity contribution is 6.30. The molecule has 0 radical (unpaired) electrons. The fourth-order valence-electron chi connectivity index (χ4n) is 1.16. The number of halogens is 1. The number of aromatic amines is 1. The lowest BCUT2D eigenvalue weighted by molar-refractivity contribution is 0.477. The first-order chi connectivity index (χ1) is 7.25. The van der Waals surface area contributed by atoms with Gasteiger partial charge in [-0.15, -0.1) is 0 Å². The molecule has 4 heteroatoms. The van der Waals surface area contributed by atoms with Gasteiger partial charge in [-0.3, -0.25) is 4.99 Å². The van der Waals surface area contributed by atoms with Gasteiger partial charge in [-0.25, -0.2) is 0 Å². The minimum atomic E-state index is 0.113. The quantitative estimate of drug-likeness (QED) is 0.751. The number of H-pyrrole nitrogens is 1. The molecule has 2 N–H and O–H groups in total. The zero-order valence-corrected chi connectivity index (χ0v) is 8.57. The molecule has 0 aliphatic carbocycles. The summed E-state index contributed by atoms with van der Waals surface area (Å²) in [6.07, 6.45) is 3.44. The van der Waals surface area contributed by atoms with E-state index in [-0.39, 0.29) is 5.75 Å². The van der Waals surface area contributed by atoms with E-state index < -0.39 is 0 Å². The molecule has 0 bridgehead atoms. The molecule has 0 aliphatic rings. The van der Waals surface area contributed by atoms with E-state index in [1.165, 1.54) is 6.07 Å². The Balaban J connectivity index is 2.27. The van der Waals surface area contributed by atoms with Crippen molar-refractivity contribution in [3.63, 3.8) is 0 Å². The summed E-state index contributed by atoms with van der Waals surface area (Å²) in [5.74, 6) is 0.113. The number of phenols is 1. The largest absolute Gasteiger partial charge is 0.506 e. The third-order valence-electron chi connectivity index (χ3n) is 1.90. The molecule has 0 saturated carbocycles. The molecule has 0 spiro atoms. The summed E-state index contributed by atoms with van der Waals surface area (Å²) in [6, 6.07) is 8.49. The highest BCUT2D eigenvalue weighted by Gasteiger charge is 1.98. The zero-order valence-electron chi connectivity index (χ0n) is 7.81. The summed E-state index contributed by atoms with van der Waals surface area (Å²) in [5, 5.41) is 10.0. The van der Waals surface area contributed by atoms with Crippen LogP contribution >= 0.6 is 11.6 Å². The van der Waals surface area contributed by atoms with Crippen molar-refractivity contribution in [3.8, 4) is 5.75 Å². The molecule has 2 rings (SSSR count). The Bertz CT molecular complexity index is 477. The number of phenolic OH excluding ortho intramolecular Hbond substituents is 1. The van der Waals surface area contributed by atoms with E-state index in [9.17, 15) is 5.11 Å². The van der Waals surface area contributed by atoms with E-state index in [1.807, 2.05) is 12.1 Å². The Hall–Kier alpha value is -1.74. The second kappa shape index (κ2) is 4.19. The number of hydrogen-bond acceptors (Lipinski definition) is 2. The van der Waals surface area contributed by atoms with Crippen molar-refractivity contribution in [1.82, 2.24) is 4.98 Å². The third-order valence-corrected chi connectivity index (χ3v) is 2.14. The first-order valence-electron chi connectivity index (χ1n) is 4.42. The van der Waals surface area contributed by atoms with Crippen molar-refractivity contribution >= 4 is 23.5 Å². The molecular weight excluding hydrogens is 212 g/mol. The highest BCUT2D eigenvalue weighted by atomic mass is 35.5. The summed E-state index contributed by atoms with van der Waals surface area (Å²) in [6.45, 7) is 0. The summed E-state index contributed by atoms with van der Waals surface area (Å²) < 4.78 is 0. The molecule has 1 aromatic heterocycles. The number of rotatable bonds is 2. The Labute approximate surface area is 92.1 Å². The second-order valence-electron chi connectivity index (χ2n) is 3.02. The minimum Gasteiger partial charge on any atom is -0.506 e. The van der Waals surface area contributed by atoms with Gasteiger partial charge >= 0.3 is 0 Å². The van der Waals surface area contributed by atoms with Gasteiger partial charge in [-0.05, 0) is 30.3 Å². The van der Waals surface area contributed by atoms with Crippen LogP contribution in [-0.2, 0) is 0 Å². The van der Waals surface area contributed by atoms with Gasteiger partial charge in [0.05, 0.1) is 11.9 Å². The van der Waals surface area contributed by atoms with Crippen LogP contribution in [0.25, 0.3) is 0 Å². The number of hydrogen-bond donors (Lipinski definition) is 2. The first-order valence-corrected chi connectivity index (χ1v) is 4.79. The van der Waals surface area contributed by atoms with Gasteiger partial charge < -0.3 is 10.1 Å². The SMILES string of the molecule is Oc1ccc(Cl)cc1N=Cc1ccc[nH]1. The standard InChI is InChI=1S/C11H9ClN2O/c12-8-3-4-11(15)10(6-8)14-7-9-2-1-5-13-9/h1-7,13,15H. The van der Waals surface area contributed by atoms with Gasteiger partial charge in [0.15, 0.2) is 0 Å². The number of aromatic nitrogens is 1. The van der Waals surface area contributed by atoms with Crippen LogP contribution in [0.5, 0.6) is 5.75 Å². The van der Waals surface area contributed by atoms with Crippen LogP contribution in [0.3, 0.4) is 0 Å². The van der Waals surface area contributed by atoms with Gasteiger partial charge in [0, 0.05) is 11.2 Å². The van der Waals surface area contributed by atoms with Crippen molar-refractivity contribution in [2.75, 3.05) is 0 Å². The van der Waals surface area contributed by atoms with Gasteiger partial charge in [0.1, 0.15) is 11.4 Å². The van der Waals surface area contributed by atoms with Gasteiger partial charge in [0.2, 0.25) is 0 Å². The van der Waals surface area contributed by atoms with Crippen LogP contribution in [0.2, 0.25) is 5.02 Å². The molecule has 1 aromatic carbocycles. The molecule has 0 unspecified atom stereocenters. The Morgan fingerprint density at radius 1 is 1.33 bits per heavy atom. The van der Waals surface area contributed by atoms with Crippen LogP contribution in [0, 0.1) is 0 Å². The van der Waals surface area contributed by atoms with Crippen LogP contribution < -0.4 is 0 Å². The molecule has 1 heterocycles. The number of nitrogens with zero attached hydrogens (tertiary/aromatic N) is 1. The maximum atomic E-state index is 9.48. The van der Waals surface area contributed by atoms with Crippen molar-refractivity contribution in [3.05, 3.63) is 47.2 Å². The summed E-state index contributed by atoms with van der Waals surface area (Å²) in [7, 11) is 0. The number of benzene rings is 1. The molecular formula is C11H9ClN2O. The van der Waals surface area contributed by atoms with E-state index in [0.717, 1.165) is 5.69 Å². The molecule has 0 aliphatic heterocycles. The van der Waals surface area contributed by atoms with Gasteiger partial charge in [0.25, 0.3) is 0 Å². The Morgan fingerprint density at radius 2 is 2.20 bits per heavy atom. The maximum absolute atomic E-state index is 9.48. The van der Waals surface area contributed by atoms with Crippen molar-refractivity contribution in [2.24, 2.45) is 4.99 Å². The normalized spacial score (nSPS) is 11.0. The van der Waals surface area contributed by atoms with Crippen LogP contribution in [-0.4, -0.2) is 16.3 Å². The molecule has 2 aromatic rings. The number of aliphatic imine (C=N–C) groups is 1. The number of nitrogens with one attached hydrogen (secondary N) is 1. The smallest absolute Gasteiger partial charge is 0.141 e. The molecule has 0 saturated heterocycles. The molecule has 0 amide bonds. The van der Waals surface area contributed by atoms with E-state index in [2.05, 4.69) is 9.98 Å². The van der Waals surface area contributed by atoms with Crippen molar-refractivity contribution < 1.29 is 5.11 Å². The van der Waals surface area contributed by atoms with Crippen LogP contribution in [0.1, 0.15) is 5.69 Å². The molecule has 3 nitrogen and oxygen atoms in total. The third kappa shape index (κ3) is 2.39. The van der Waals surface area contributed by atoms with Crippen LogP contribution in [0.4, 0.5) is 5.69 Å². The van der Waals surface area contributed by atoms with E-state index in [0.29, 0.717) is 10.7 Å². The molecule has 0 fully saturated rings. The predicted octanol–water partition coefficient (Wildman–Crippen LogP) is 3.12. The van der Waals surface area contributed by atoms with Crippen molar-refractivity contribution in [2.45, 2.75) is 0 Å². The lowest BCUT2D eigenvalue weighted by Gasteiger charge is -1.98. The van der Waals surface area contributed by atoms with Gasteiger partial charge in [-0.2, -0.15) is 0 Å². The Morgan fingerprint density at radius 3 is 2.93 bits per heavy atom. The van der Waals surface area contributed by atoms with E-state index >= 15 is 0 Å². The average molecular weight is 221 g/mol.